The number of hydrogen-bond donors (Lipinski definition) is 1. The first-order chi connectivity index (χ1) is 14.4. The van der Waals surface area contributed by atoms with Crippen molar-refractivity contribution in [3.8, 4) is 11.5 Å². The molecule has 1 aliphatic rings. The van der Waals surface area contributed by atoms with E-state index in [1.807, 2.05) is 19.1 Å². The van der Waals surface area contributed by atoms with E-state index in [0.29, 0.717) is 22.9 Å². The number of nitrogens with one attached hydrogen (secondary N) is 1. The Labute approximate surface area is 174 Å². The van der Waals surface area contributed by atoms with Crippen molar-refractivity contribution in [1.29, 1.82) is 0 Å². The van der Waals surface area contributed by atoms with Crippen molar-refractivity contribution in [3.05, 3.63) is 48.0 Å². The second-order valence-electron chi connectivity index (χ2n) is 6.91. The highest BCUT2D eigenvalue weighted by atomic mass is 16.5. The molecule has 8 heteroatoms. The van der Waals surface area contributed by atoms with Crippen molar-refractivity contribution >= 4 is 29.2 Å². The van der Waals surface area contributed by atoms with Crippen LogP contribution in [-0.2, 0) is 19.1 Å². The van der Waals surface area contributed by atoms with Gasteiger partial charge in [-0.1, -0.05) is 18.2 Å². The fourth-order valence-corrected chi connectivity index (χ4v) is 3.26. The van der Waals surface area contributed by atoms with E-state index in [1.54, 1.807) is 30.3 Å². The molecule has 2 aromatic carbocycles. The molecule has 2 amide bonds. The lowest BCUT2D eigenvalue weighted by Gasteiger charge is -2.20. The number of nitrogens with zero attached hydrogens (tertiary/aromatic N) is 1. The third-order valence-corrected chi connectivity index (χ3v) is 4.90. The molecule has 0 spiro atoms. The topological polar surface area (TPSA) is 94.2 Å². The highest BCUT2D eigenvalue weighted by Gasteiger charge is 2.37. The predicted molar refractivity (Wildman–Crippen MR) is 111 cm³/mol. The number of amides is 2. The van der Waals surface area contributed by atoms with Crippen molar-refractivity contribution in [1.82, 2.24) is 0 Å². The van der Waals surface area contributed by atoms with Gasteiger partial charge in [-0.25, -0.2) is 0 Å². The summed E-state index contributed by atoms with van der Waals surface area (Å²) in [7, 11) is 3.04. The summed E-state index contributed by atoms with van der Waals surface area (Å²) in [5, 5.41) is 2.70. The molecule has 30 heavy (non-hydrogen) atoms. The monoisotopic (exact) mass is 412 g/mol. The lowest BCUT2D eigenvalue weighted by atomic mass is 10.1. The van der Waals surface area contributed by atoms with Crippen LogP contribution in [0.15, 0.2) is 42.5 Å². The molecular formula is C22H24N2O6. The number of rotatable bonds is 7. The number of benzene rings is 2. The van der Waals surface area contributed by atoms with Crippen LogP contribution in [-0.4, -0.2) is 45.2 Å². The fraction of sp³-hybridized carbons (Fsp3) is 0.318. The summed E-state index contributed by atoms with van der Waals surface area (Å²) in [4.78, 5) is 38.5. The van der Waals surface area contributed by atoms with E-state index in [4.69, 9.17) is 14.2 Å². The predicted octanol–water partition coefficient (Wildman–Crippen LogP) is 2.55. The van der Waals surface area contributed by atoms with Crippen LogP contribution < -0.4 is 19.7 Å². The third kappa shape index (κ3) is 4.71. The first-order valence-corrected chi connectivity index (χ1v) is 9.47. The van der Waals surface area contributed by atoms with Crippen LogP contribution in [0.4, 0.5) is 11.4 Å². The molecule has 1 saturated heterocycles. The molecule has 0 aliphatic carbocycles. The first-order valence-electron chi connectivity index (χ1n) is 9.47. The lowest BCUT2D eigenvalue weighted by molar-refractivity contribution is -0.151. The number of anilines is 2. The van der Waals surface area contributed by atoms with Crippen LogP contribution in [0.1, 0.15) is 12.0 Å². The van der Waals surface area contributed by atoms with Crippen LogP contribution in [0.25, 0.3) is 0 Å². The van der Waals surface area contributed by atoms with Crippen LogP contribution >= 0.6 is 0 Å². The van der Waals surface area contributed by atoms with E-state index in [1.165, 1.54) is 19.1 Å². The Kier molecular flexibility index (Phi) is 6.56. The summed E-state index contributed by atoms with van der Waals surface area (Å²) in [5.41, 5.74) is 2.12. The molecule has 0 aromatic heterocycles. The third-order valence-electron chi connectivity index (χ3n) is 4.90. The van der Waals surface area contributed by atoms with E-state index in [0.717, 1.165) is 5.56 Å². The zero-order valence-electron chi connectivity index (χ0n) is 17.1. The van der Waals surface area contributed by atoms with E-state index in [-0.39, 0.29) is 18.9 Å². The molecule has 1 heterocycles. The Morgan fingerprint density at radius 1 is 1.13 bits per heavy atom. The Balaban J connectivity index is 1.59. The molecule has 8 nitrogen and oxygen atoms in total. The smallest absolute Gasteiger partial charge is 0.311 e. The van der Waals surface area contributed by atoms with Crippen molar-refractivity contribution in [2.75, 3.05) is 37.6 Å². The van der Waals surface area contributed by atoms with E-state index >= 15 is 0 Å². The van der Waals surface area contributed by atoms with Gasteiger partial charge in [0.1, 0.15) is 11.5 Å². The number of hydrogen-bond acceptors (Lipinski definition) is 6. The quantitative estimate of drug-likeness (QED) is 0.703. The van der Waals surface area contributed by atoms with Gasteiger partial charge in [-0.15, -0.1) is 0 Å². The molecule has 0 bridgehead atoms. The molecule has 158 valence electrons. The van der Waals surface area contributed by atoms with Gasteiger partial charge in [0.15, 0.2) is 6.61 Å². The number of carbonyl (C=O) groups excluding carboxylic acids is 3. The van der Waals surface area contributed by atoms with Crippen LogP contribution in [0.2, 0.25) is 0 Å². The molecule has 0 unspecified atom stereocenters. The number of methoxy groups -OCH3 is 2. The van der Waals surface area contributed by atoms with E-state index in [9.17, 15) is 14.4 Å². The summed E-state index contributed by atoms with van der Waals surface area (Å²) in [6, 6.07) is 12.4. The minimum atomic E-state index is -0.657. The van der Waals surface area contributed by atoms with Gasteiger partial charge in [0, 0.05) is 24.7 Å². The van der Waals surface area contributed by atoms with Gasteiger partial charge in [-0.05, 0) is 30.7 Å². The maximum absolute atomic E-state index is 12.5. The molecular weight excluding hydrogens is 388 g/mol. The molecule has 1 atom stereocenters. The second kappa shape index (κ2) is 9.30. The average molecular weight is 412 g/mol. The maximum atomic E-state index is 12.5. The minimum Gasteiger partial charge on any atom is -0.497 e. The van der Waals surface area contributed by atoms with E-state index in [2.05, 4.69) is 5.32 Å². The van der Waals surface area contributed by atoms with Crippen molar-refractivity contribution in [2.45, 2.75) is 13.3 Å². The number of esters is 1. The Morgan fingerprint density at radius 3 is 2.60 bits per heavy atom. The van der Waals surface area contributed by atoms with Crippen LogP contribution in [0.3, 0.4) is 0 Å². The maximum Gasteiger partial charge on any atom is 0.311 e. The molecule has 0 saturated carbocycles. The van der Waals surface area contributed by atoms with Gasteiger partial charge in [-0.3, -0.25) is 14.4 Å². The summed E-state index contributed by atoms with van der Waals surface area (Å²) < 4.78 is 15.7. The summed E-state index contributed by atoms with van der Waals surface area (Å²) in [6.45, 7) is 1.61. The van der Waals surface area contributed by atoms with Crippen molar-refractivity contribution in [3.63, 3.8) is 0 Å². The summed E-state index contributed by atoms with van der Waals surface area (Å²) in [5.74, 6) is -0.832. The van der Waals surface area contributed by atoms with Crippen LogP contribution in [0, 0.1) is 12.8 Å². The van der Waals surface area contributed by atoms with Gasteiger partial charge in [0.25, 0.3) is 5.91 Å². The Hall–Kier alpha value is -3.55. The van der Waals surface area contributed by atoms with Gasteiger partial charge in [0.05, 0.1) is 25.8 Å². The highest BCUT2D eigenvalue weighted by Crippen LogP contribution is 2.36. The molecule has 1 N–H and O–H groups in total. The average Bonchev–Trinajstić information content (AvgIpc) is 3.14. The minimum absolute atomic E-state index is 0.00737. The summed E-state index contributed by atoms with van der Waals surface area (Å²) in [6.07, 6.45) is 0.00737. The van der Waals surface area contributed by atoms with Crippen molar-refractivity contribution < 1.29 is 28.6 Å². The zero-order valence-corrected chi connectivity index (χ0v) is 17.1. The molecule has 2 aromatic rings. The molecule has 0 radical (unpaired) electrons. The van der Waals surface area contributed by atoms with Crippen molar-refractivity contribution in [2.24, 2.45) is 5.92 Å². The SMILES string of the molecule is COc1ccc(N2C[C@H](C(=O)OCC(=O)Nc3ccccc3C)CC2=O)c(OC)c1. The zero-order chi connectivity index (χ0) is 21.7. The second-order valence-corrected chi connectivity index (χ2v) is 6.91. The fourth-order valence-electron chi connectivity index (χ4n) is 3.26. The Bertz CT molecular complexity index is 958. The van der Waals surface area contributed by atoms with Crippen LogP contribution in [0.5, 0.6) is 11.5 Å². The number of carbonyl (C=O) groups is 3. The van der Waals surface area contributed by atoms with E-state index < -0.39 is 24.4 Å². The number of aryl methyl sites for hydroxylation is 1. The standard InChI is InChI=1S/C22H24N2O6/c1-14-6-4-5-7-17(14)23-20(25)13-30-22(27)15-10-21(26)24(12-15)18-9-8-16(28-2)11-19(18)29-3/h4-9,11,15H,10,12-13H2,1-3H3,(H,23,25)/t15-/m1/s1. The van der Waals surface area contributed by atoms with Gasteiger partial charge in [0.2, 0.25) is 5.91 Å². The summed E-state index contributed by atoms with van der Waals surface area (Å²) >= 11 is 0. The Morgan fingerprint density at radius 2 is 1.90 bits per heavy atom. The first kappa shape index (κ1) is 21.2. The molecule has 3 rings (SSSR count). The highest BCUT2D eigenvalue weighted by molar-refractivity contribution is 6.01. The van der Waals surface area contributed by atoms with Gasteiger partial charge < -0.3 is 24.4 Å². The normalized spacial score (nSPS) is 15.6. The number of ether oxygens (including phenoxy) is 3. The largest absolute Gasteiger partial charge is 0.497 e. The van der Waals surface area contributed by atoms with Gasteiger partial charge in [-0.2, -0.15) is 0 Å². The lowest BCUT2D eigenvalue weighted by Crippen LogP contribution is -2.28. The van der Waals surface area contributed by atoms with Gasteiger partial charge >= 0.3 is 5.97 Å². The molecule has 1 aliphatic heterocycles. The number of para-hydroxylation sites is 1. The molecule has 1 fully saturated rings.